The van der Waals surface area contributed by atoms with Crippen LogP contribution < -0.4 is 10.1 Å². The van der Waals surface area contributed by atoms with Gasteiger partial charge in [0.15, 0.2) is 0 Å². The molecule has 6 nitrogen and oxygen atoms in total. The lowest BCUT2D eigenvalue weighted by Crippen LogP contribution is -2.27. The number of aromatic nitrogens is 2. The number of amides is 1. The highest BCUT2D eigenvalue weighted by Crippen LogP contribution is 2.25. The number of nitrogens with one attached hydrogen (secondary N) is 1. The summed E-state index contributed by atoms with van der Waals surface area (Å²) in [6, 6.07) is 13.4. The maximum Gasteiger partial charge on any atom is 0.413 e. The highest BCUT2D eigenvalue weighted by molar-refractivity contribution is 5.85. The summed E-state index contributed by atoms with van der Waals surface area (Å²) in [5.41, 5.74) is 1.99. The van der Waals surface area contributed by atoms with Crippen molar-refractivity contribution in [3.63, 3.8) is 0 Å². The Hall–Kier alpha value is -3.15. The summed E-state index contributed by atoms with van der Waals surface area (Å²) in [4.78, 5) is 20.8. The zero-order valence-corrected chi connectivity index (χ0v) is 16.8. The minimum absolute atomic E-state index is 0.128. The van der Waals surface area contributed by atoms with Crippen LogP contribution in [0.25, 0.3) is 22.2 Å². The Morgan fingerprint density at radius 3 is 2.50 bits per heavy atom. The molecule has 0 unspecified atom stereocenters. The van der Waals surface area contributed by atoms with Gasteiger partial charge in [-0.2, -0.15) is 0 Å². The molecule has 2 heterocycles. The first-order chi connectivity index (χ1) is 13.2. The van der Waals surface area contributed by atoms with Crippen LogP contribution in [0.2, 0.25) is 0 Å². The molecule has 3 rings (SSSR count). The molecule has 0 atom stereocenters. The van der Waals surface area contributed by atoms with Crippen molar-refractivity contribution in [1.29, 1.82) is 0 Å². The summed E-state index contributed by atoms with van der Waals surface area (Å²) in [6.45, 7) is 9.44. The molecule has 0 saturated carbocycles. The number of carbonyl (C=O) groups excluding carboxylic acids is 1. The number of hydrogen-bond donors (Lipinski definition) is 1. The minimum atomic E-state index is -0.556. The first-order valence-electron chi connectivity index (χ1n) is 9.23. The molecular formula is C22H25N3O3. The van der Waals surface area contributed by atoms with E-state index in [4.69, 9.17) is 14.5 Å². The van der Waals surface area contributed by atoms with E-state index in [1.54, 1.807) is 12.3 Å². The Morgan fingerprint density at radius 2 is 1.86 bits per heavy atom. The van der Waals surface area contributed by atoms with Crippen molar-refractivity contribution in [2.24, 2.45) is 0 Å². The summed E-state index contributed by atoms with van der Waals surface area (Å²) in [5, 5.41) is 3.63. The van der Waals surface area contributed by atoms with Crippen molar-refractivity contribution in [1.82, 2.24) is 9.97 Å². The average Bonchev–Trinajstić information content (AvgIpc) is 2.60. The summed E-state index contributed by atoms with van der Waals surface area (Å²) in [6.07, 6.45) is 1.27. The van der Waals surface area contributed by atoms with Crippen LogP contribution in [0.1, 0.15) is 34.6 Å². The van der Waals surface area contributed by atoms with Crippen LogP contribution in [0, 0.1) is 0 Å². The van der Waals surface area contributed by atoms with Gasteiger partial charge in [0.2, 0.25) is 0 Å². The Kier molecular flexibility index (Phi) is 5.49. The summed E-state index contributed by atoms with van der Waals surface area (Å²) in [5.74, 6) is 1.26. The van der Waals surface area contributed by atoms with Gasteiger partial charge in [0, 0.05) is 17.1 Å². The number of benzene rings is 1. The molecule has 0 aliphatic heterocycles. The molecule has 6 heteroatoms. The third-order valence-corrected chi connectivity index (χ3v) is 3.72. The van der Waals surface area contributed by atoms with Crippen molar-refractivity contribution in [3.05, 3.63) is 48.7 Å². The van der Waals surface area contributed by atoms with Crippen LogP contribution in [0.5, 0.6) is 5.75 Å². The second kappa shape index (κ2) is 7.84. The SMILES string of the molecule is CC(C)Oc1ccc2nc(-c3ccc(NC(=O)OC(C)(C)C)nc3)ccc2c1. The standard InChI is InChI=1S/C22H25N3O3/c1-14(2)27-17-8-10-18-15(12-17)6-9-19(24-18)16-7-11-20(23-13-16)25-21(26)28-22(3,4)5/h6-14H,1-5H3,(H,23,25,26). The Balaban J connectivity index is 1.76. The molecule has 28 heavy (non-hydrogen) atoms. The first-order valence-corrected chi connectivity index (χ1v) is 9.23. The third-order valence-electron chi connectivity index (χ3n) is 3.72. The van der Waals surface area contributed by atoms with Crippen molar-refractivity contribution in [2.45, 2.75) is 46.3 Å². The number of fused-ring (bicyclic) bond motifs is 1. The zero-order chi connectivity index (χ0) is 20.3. The topological polar surface area (TPSA) is 73.3 Å². The molecule has 0 bridgehead atoms. The van der Waals surface area contributed by atoms with Crippen molar-refractivity contribution in [2.75, 3.05) is 5.32 Å². The van der Waals surface area contributed by atoms with E-state index >= 15 is 0 Å². The molecule has 1 amide bonds. The van der Waals surface area contributed by atoms with Gasteiger partial charge in [0.05, 0.1) is 17.3 Å². The van der Waals surface area contributed by atoms with Crippen LogP contribution in [0.3, 0.4) is 0 Å². The van der Waals surface area contributed by atoms with Gasteiger partial charge in [0.25, 0.3) is 0 Å². The highest BCUT2D eigenvalue weighted by Gasteiger charge is 2.16. The number of pyridine rings is 2. The van der Waals surface area contributed by atoms with E-state index in [-0.39, 0.29) is 6.10 Å². The lowest BCUT2D eigenvalue weighted by atomic mass is 10.1. The van der Waals surface area contributed by atoms with Gasteiger partial charge >= 0.3 is 6.09 Å². The highest BCUT2D eigenvalue weighted by atomic mass is 16.6. The fourth-order valence-corrected chi connectivity index (χ4v) is 2.64. The Morgan fingerprint density at radius 1 is 1.07 bits per heavy atom. The molecular weight excluding hydrogens is 354 g/mol. The maximum absolute atomic E-state index is 11.8. The monoisotopic (exact) mass is 379 g/mol. The van der Waals surface area contributed by atoms with Crippen LogP contribution in [0.15, 0.2) is 48.7 Å². The number of rotatable bonds is 4. The van der Waals surface area contributed by atoms with Crippen LogP contribution >= 0.6 is 0 Å². The summed E-state index contributed by atoms with van der Waals surface area (Å²) >= 11 is 0. The number of ether oxygens (including phenoxy) is 2. The van der Waals surface area contributed by atoms with Gasteiger partial charge in [-0.3, -0.25) is 5.32 Å². The maximum atomic E-state index is 11.8. The zero-order valence-electron chi connectivity index (χ0n) is 16.8. The second-order valence-electron chi connectivity index (χ2n) is 7.78. The van der Waals surface area contributed by atoms with Gasteiger partial charge in [0.1, 0.15) is 17.2 Å². The Bertz CT molecular complexity index is 976. The van der Waals surface area contributed by atoms with Crippen LogP contribution in [-0.4, -0.2) is 27.8 Å². The van der Waals surface area contributed by atoms with E-state index in [0.29, 0.717) is 5.82 Å². The van der Waals surface area contributed by atoms with Gasteiger partial charge in [-0.25, -0.2) is 14.8 Å². The molecule has 2 aromatic heterocycles. The van der Waals surface area contributed by atoms with E-state index in [1.807, 2.05) is 71.0 Å². The second-order valence-corrected chi connectivity index (χ2v) is 7.78. The van der Waals surface area contributed by atoms with Gasteiger partial charge < -0.3 is 9.47 Å². The minimum Gasteiger partial charge on any atom is -0.491 e. The normalized spacial score (nSPS) is 11.5. The predicted molar refractivity (Wildman–Crippen MR) is 111 cm³/mol. The van der Waals surface area contributed by atoms with Crippen molar-refractivity contribution in [3.8, 4) is 17.0 Å². The van der Waals surface area contributed by atoms with Crippen molar-refractivity contribution >= 4 is 22.8 Å². The summed E-state index contributed by atoms with van der Waals surface area (Å²) < 4.78 is 11.0. The third kappa shape index (κ3) is 5.19. The van der Waals surface area contributed by atoms with E-state index in [1.165, 1.54) is 0 Å². The molecule has 0 aliphatic rings. The van der Waals surface area contributed by atoms with Crippen molar-refractivity contribution < 1.29 is 14.3 Å². The lowest BCUT2D eigenvalue weighted by Gasteiger charge is -2.19. The predicted octanol–water partition coefficient (Wildman–Crippen LogP) is 5.43. The largest absolute Gasteiger partial charge is 0.491 e. The quantitative estimate of drug-likeness (QED) is 0.654. The van der Waals surface area contributed by atoms with Gasteiger partial charge in [-0.05, 0) is 71.0 Å². The Labute approximate surface area is 164 Å². The molecule has 1 N–H and O–H groups in total. The fraction of sp³-hybridized carbons (Fsp3) is 0.318. The number of anilines is 1. The van der Waals surface area contributed by atoms with E-state index in [0.717, 1.165) is 27.9 Å². The summed E-state index contributed by atoms with van der Waals surface area (Å²) in [7, 11) is 0. The molecule has 0 radical (unpaired) electrons. The molecule has 0 aliphatic carbocycles. The van der Waals surface area contributed by atoms with Gasteiger partial charge in [-0.15, -0.1) is 0 Å². The molecule has 0 saturated heterocycles. The fourth-order valence-electron chi connectivity index (χ4n) is 2.64. The molecule has 0 fully saturated rings. The number of nitrogens with zero attached hydrogens (tertiary/aromatic N) is 2. The van der Waals surface area contributed by atoms with E-state index in [9.17, 15) is 4.79 Å². The molecule has 1 aromatic carbocycles. The van der Waals surface area contributed by atoms with Crippen LogP contribution in [0.4, 0.5) is 10.6 Å². The molecule has 146 valence electrons. The first kappa shape index (κ1) is 19.6. The smallest absolute Gasteiger partial charge is 0.413 e. The van der Waals surface area contributed by atoms with E-state index < -0.39 is 11.7 Å². The van der Waals surface area contributed by atoms with E-state index in [2.05, 4.69) is 10.3 Å². The number of hydrogen-bond acceptors (Lipinski definition) is 5. The number of carbonyl (C=O) groups is 1. The van der Waals surface area contributed by atoms with Gasteiger partial charge in [-0.1, -0.05) is 6.07 Å². The molecule has 3 aromatic rings. The van der Waals surface area contributed by atoms with Crippen LogP contribution in [-0.2, 0) is 4.74 Å². The molecule has 0 spiro atoms. The average molecular weight is 379 g/mol. The lowest BCUT2D eigenvalue weighted by molar-refractivity contribution is 0.0635.